The van der Waals surface area contributed by atoms with E-state index < -0.39 is 11.7 Å². The molecule has 8 nitrogen and oxygen atoms in total. The Hall–Kier alpha value is -3.86. The molecule has 2 saturated heterocycles. The molecule has 1 N–H and O–H groups in total. The normalized spacial score (nSPS) is 18.5. The van der Waals surface area contributed by atoms with Gasteiger partial charge in [0, 0.05) is 63.5 Å². The highest BCUT2D eigenvalue weighted by Crippen LogP contribution is 2.43. The van der Waals surface area contributed by atoms with Crippen molar-refractivity contribution in [1.29, 1.82) is 0 Å². The maximum Gasteiger partial charge on any atom is 0.419 e. The standard InChI is InChI=1S/C28H28F3N5O3/c29-28(30,31)22-17-32-25(33-18-22)35-9-7-27(8-10-35)16-21-15-20(3-6-24(21)39-27)19-1-4-23(5-2-19)34-26(37)36-11-13-38-14-12-36/h1-6,15,17-18H,7-14,16H2,(H,34,37). The van der Waals surface area contributed by atoms with Crippen LogP contribution in [0.3, 0.4) is 0 Å². The molecule has 0 radical (unpaired) electrons. The molecule has 0 saturated carbocycles. The van der Waals surface area contributed by atoms with Crippen LogP contribution in [0.5, 0.6) is 5.75 Å². The SMILES string of the molecule is O=C(Nc1ccc(-c2ccc3c(c2)CC2(CCN(c4ncc(C(F)(F)F)cn4)CC2)O3)cc1)N1CCOCC1. The summed E-state index contributed by atoms with van der Waals surface area (Å²) in [7, 11) is 0. The van der Waals surface area contributed by atoms with Crippen molar-refractivity contribution in [2.45, 2.75) is 31.0 Å². The topological polar surface area (TPSA) is 79.8 Å². The van der Waals surface area contributed by atoms with Crippen molar-refractivity contribution in [3.63, 3.8) is 0 Å². The summed E-state index contributed by atoms with van der Waals surface area (Å²) in [4.78, 5) is 24.0. The van der Waals surface area contributed by atoms with Crippen molar-refractivity contribution in [2.24, 2.45) is 0 Å². The number of piperidine rings is 1. The van der Waals surface area contributed by atoms with Crippen molar-refractivity contribution < 1.29 is 27.4 Å². The lowest BCUT2D eigenvalue weighted by Gasteiger charge is -2.38. The monoisotopic (exact) mass is 539 g/mol. The number of morpholine rings is 1. The minimum absolute atomic E-state index is 0.123. The Kier molecular flexibility index (Phi) is 6.54. The van der Waals surface area contributed by atoms with Gasteiger partial charge in [-0.25, -0.2) is 14.8 Å². The molecule has 4 heterocycles. The maximum atomic E-state index is 12.8. The third-order valence-electron chi connectivity index (χ3n) is 7.59. The van der Waals surface area contributed by atoms with Crippen LogP contribution in [-0.2, 0) is 17.3 Å². The molecule has 1 aromatic heterocycles. The Labute approximate surface area is 223 Å². The second-order valence-corrected chi connectivity index (χ2v) is 10.1. The summed E-state index contributed by atoms with van der Waals surface area (Å²) in [5, 5.41) is 2.94. The van der Waals surface area contributed by atoms with Crippen LogP contribution in [0.1, 0.15) is 24.0 Å². The van der Waals surface area contributed by atoms with Gasteiger partial charge in [-0.2, -0.15) is 13.2 Å². The molecule has 3 aliphatic heterocycles. The first-order chi connectivity index (χ1) is 18.8. The minimum Gasteiger partial charge on any atom is -0.487 e. The van der Waals surface area contributed by atoms with E-state index in [0.29, 0.717) is 45.3 Å². The molecule has 0 unspecified atom stereocenters. The lowest BCUT2D eigenvalue weighted by atomic mass is 9.86. The van der Waals surface area contributed by atoms with Gasteiger partial charge in [0.05, 0.1) is 18.8 Å². The van der Waals surface area contributed by atoms with Crippen LogP contribution in [-0.4, -0.2) is 65.9 Å². The van der Waals surface area contributed by atoms with Crippen molar-refractivity contribution in [2.75, 3.05) is 49.6 Å². The first kappa shape index (κ1) is 25.4. The number of benzene rings is 2. The van der Waals surface area contributed by atoms with E-state index in [4.69, 9.17) is 9.47 Å². The summed E-state index contributed by atoms with van der Waals surface area (Å²) in [5.41, 5.74) is 2.79. The van der Waals surface area contributed by atoms with Crippen LogP contribution in [0.4, 0.5) is 29.6 Å². The molecule has 0 aliphatic carbocycles. The molecule has 39 heavy (non-hydrogen) atoms. The number of halogens is 3. The van der Waals surface area contributed by atoms with Crippen LogP contribution >= 0.6 is 0 Å². The van der Waals surface area contributed by atoms with E-state index in [1.165, 1.54) is 0 Å². The Morgan fingerprint density at radius 1 is 0.923 bits per heavy atom. The van der Waals surface area contributed by atoms with E-state index in [2.05, 4.69) is 21.4 Å². The number of urea groups is 1. The number of anilines is 2. The van der Waals surface area contributed by atoms with E-state index in [1.807, 2.05) is 41.3 Å². The highest BCUT2D eigenvalue weighted by atomic mass is 19.4. The van der Waals surface area contributed by atoms with E-state index in [1.54, 1.807) is 4.90 Å². The number of fused-ring (bicyclic) bond motifs is 1. The third kappa shape index (κ3) is 5.36. The van der Waals surface area contributed by atoms with Crippen LogP contribution in [0.15, 0.2) is 54.9 Å². The average molecular weight is 540 g/mol. The smallest absolute Gasteiger partial charge is 0.419 e. The molecule has 0 atom stereocenters. The van der Waals surface area contributed by atoms with Crippen LogP contribution in [0.2, 0.25) is 0 Å². The maximum absolute atomic E-state index is 12.8. The molecule has 2 fully saturated rings. The summed E-state index contributed by atoms with van der Waals surface area (Å²) < 4.78 is 50.2. The molecular formula is C28H28F3N5O3. The Balaban J connectivity index is 1.08. The van der Waals surface area contributed by atoms with Crippen molar-refractivity contribution in [3.05, 3.63) is 66.0 Å². The first-order valence-corrected chi connectivity index (χ1v) is 13.0. The highest BCUT2D eigenvalue weighted by Gasteiger charge is 2.42. The fraction of sp³-hybridized carbons (Fsp3) is 0.393. The largest absolute Gasteiger partial charge is 0.487 e. The first-order valence-electron chi connectivity index (χ1n) is 13.0. The van der Waals surface area contributed by atoms with E-state index in [0.717, 1.165) is 59.8 Å². The Morgan fingerprint density at radius 3 is 2.26 bits per heavy atom. The molecule has 2 amide bonds. The van der Waals surface area contributed by atoms with E-state index in [-0.39, 0.29) is 11.6 Å². The number of nitrogens with one attached hydrogen (secondary N) is 1. The van der Waals surface area contributed by atoms with Crippen LogP contribution in [0.25, 0.3) is 11.1 Å². The number of amides is 2. The summed E-state index contributed by atoms with van der Waals surface area (Å²) in [6.45, 7) is 3.49. The zero-order chi connectivity index (χ0) is 27.0. The minimum atomic E-state index is -4.45. The quantitative estimate of drug-likeness (QED) is 0.505. The summed E-state index contributed by atoms with van der Waals surface area (Å²) in [6.07, 6.45) is -0.571. The second kappa shape index (κ2) is 10.0. The van der Waals surface area contributed by atoms with Crippen molar-refractivity contribution in [3.8, 4) is 16.9 Å². The lowest BCUT2D eigenvalue weighted by molar-refractivity contribution is -0.138. The van der Waals surface area contributed by atoms with Crippen LogP contribution < -0.4 is 15.0 Å². The molecular weight excluding hydrogens is 511 g/mol. The fourth-order valence-electron chi connectivity index (χ4n) is 5.35. The molecule has 0 bridgehead atoms. The van der Waals surface area contributed by atoms with Gasteiger partial charge in [0.2, 0.25) is 5.95 Å². The zero-order valence-electron chi connectivity index (χ0n) is 21.2. The molecule has 11 heteroatoms. The van der Waals surface area contributed by atoms with Gasteiger partial charge in [0.1, 0.15) is 11.4 Å². The Bertz CT molecular complexity index is 1330. The molecule has 2 aromatic carbocycles. The number of carbonyl (C=O) groups excluding carboxylic acids is 1. The number of rotatable bonds is 3. The Morgan fingerprint density at radius 2 is 1.59 bits per heavy atom. The predicted molar refractivity (Wildman–Crippen MR) is 139 cm³/mol. The van der Waals surface area contributed by atoms with Crippen molar-refractivity contribution >= 4 is 17.7 Å². The third-order valence-corrected chi connectivity index (χ3v) is 7.59. The molecule has 3 aromatic rings. The summed E-state index contributed by atoms with van der Waals surface area (Å²) in [5.74, 6) is 1.17. The number of hydrogen-bond acceptors (Lipinski definition) is 6. The number of nitrogens with zero attached hydrogens (tertiary/aromatic N) is 4. The number of alkyl halides is 3. The van der Waals surface area contributed by atoms with Gasteiger partial charge in [0.25, 0.3) is 0 Å². The van der Waals surface area contributed by atoms with Gasteiger partial charge in [-0.15, -0.1) is 0 Å². The van der Waals surface area contributed by atoms with Gasteiger partial charge < -0.3 is 24.6 Å². The van der Waals surface area contributed by atoms with Gasteiger partial charge in [-0.05, 0) is 41.0 Å². The molecule has 3 aliphatic rings. The average Bonchev–Trinajstić information content (AvgIpc) is 3.30. The van der Waals surface area contributed by atoms with Gasteiger partial charge in [-0.3, -0.25) is 0 Å². The molecule has 1 spiro atoms. The predicted octanol–water partition coefficient (Wildman–Crippen LogP) is 5.00. The fourth-order valence-corrected chi connectivity index (χ4v) is 5.35. The summed E-state index contributed by atoms with van der Waals surface area (Å²) in [6, 6.07) is 13.8. The van der Waals surface area contributed by atoms with Gasteiger partial charge >= 0.3 is 12.2 Å². The zero-order valence-corrected chi connectivity index (χ0v) is 21.2. The molecule has 204 valence electrons. The lowest BCUT2D eigenvalue weighted by Crippen LogP contribution is -2.47. The van der Waals surface area contributed by atoms with E-state index in [9.17, 15) is 18.0 Å². The van der Waals surface area contributed by atoms with Crippen molar-refractivity contribution in [1.82, 2.24) is 14.9 Å². The van der Waals surface area contributed by atoms with E-state index >= 15 is 0 Å². The van der Waals surface area contributed by atoms with Gasteiger partial charge in [0.15, 0.2) is 0 Å². The number of carbonyl (C=O) groups is 1. The number of hydrogen-bond donors (Lipinski definition) is 1. The highest BCUT2D eigenvalue weighted by molar-refractivity contribution is 5.89. The van der Waals surface area contributed by atoms with Gasteiger partial charge in [-0.1, -0.05) is 18.2 Å². The molecule has 6 rings (SSSR count). The second-order valence-electron chi connectivity index (χ2n) is 10.1. The summed E-state index contributed by atoms with van der Waals surface area (Å²) >= 11 is 0. The number of ether oxygens (including phenoxy) is 2. The van der Waals surface area contributed by atoms with Crippen LogP contribution in [0, 0.1) is 0 Å². The number of aromatic nitrogens is 2.